The van der Waals surface area contributed by atoms with Gasteiger partial charge >= 0.3 is 0 Å². The van der Waals surface area contributed by atoms with Crippen LogP contribution in [0, 0.1) is 6.92 Å². The van der Waals surface area contributed by atoms with Crippen molar-refractivity contribution >= 4 is 17.9 Å². The minimum absolute atomic E-state index is 0.0793. The van der Waals surface area contributed by atoms with Gasteiger partial charge in [0.05, 0.1) is 0 Å². The van der Waals surface area contributed by atoms with Crippen LogP contribution < -0.4 is 16.4 Å². The first-order chi connectivity index (χ1) is 12.2. The highest BCUT2D eigenvalue weighted by Crippen LogP contribution is 2.21. The minimum Gasteiger partial charge on any atom is -0.410 e. The Hall–Kier alpha value is -2.12. The van der Waals surface area contributed by atoms with Gasteiger partial charge in [0.15, 0.2) is 0 Å². The Morgan fingerprint density at radius 2 is 1.96 bits per heavy atom. The van der Waals surface area contributed by atoms with Crippen LogP contribution in [0.25, 0.3) is 0 Å². The molecule has 138 valence electrons. The molecular weight excluding hydrogens is 318 g/mol. The quantitative estimate of drug-likeness (QED) is 0.287. The van der Waals surface area contributed by atoms with Gasteiger partial charge in [0.25, 0.3) is 0 Å². The molecule has 0 spiro atoms. The van der Waals surface area contributed by atoms with E-state index >= 15 is 0 Å². The second-order valence-electron chi connectivity index (χ2n) is 6.50. The maximum Gasteiger partial charge on any atom is 0.243 e. The first kappa shape index (κ1) is 19.2. The third kappa shape index (κ3) is 5.72. The predicted octanol–water partition coefficient (Wildman–Crippen LogP) is 1.51. The summed E-state index contributed by atoms with van der Waals surface area (Å²) in [6.07, 6.45) is 5.74. The zero-order valence-corrected chi connectivity index (χ0v) is 14.8. The molecule has 0 unspecified atom stereocenters. The summed E-state index contributed by atoms with van der Waals surface area (Å²) in [6, 6.07) is 8.27. The number of amides is 1. The van der Waals surface area contributed by atoms with Gasteiger partial charge in [-0.25, -0.2) is 0 Å². The van der Waals surface area contributed by atoms with Crippen LogP contribution in [0.4, 0.5) is 5.69 Å². The molecule has 2 aliphatic rings. The summed E-state index contributed by atoms with van der Waals surface area (Å²) in [4.78, 5) is 15.1. The van der Waals surface area contributed by atoms with Crippen molar-refractivity contribution in [2.24, 2.45) is 10.9 Å². The standard InChI is InChI=1S/C17H25N3O.CH4N2O/c1-13-5-7-14(8-6-13)19-17(21)16-15(9-10-18-16)20-11-3-2-4-12-20;2-1-3-4/h5-8,15-16,18H,2-4,9-12H2,1H3,(H,19,21);1,4H,(H2,2,3)/t15-,16+;/m1./s1. The van der Waals surface area contributed by atoms with E-state index in [1.807, 2.05) is 24.3 Å². The van der Waals surface area contributed by atoms with E-state index in [2.05, 4.69) is 33.3 Å². The van der Waals surface area contributed by atoms with Gasteiger partial charge in [-0.3, -0.25) is 9.69 Å². The van der Waals surface area contributed by atoms with Crippen LogP contribution in [0.3, 0.4) is 0 Å². The molecule has 0 aromatic heterocycles. The number of nitrogens with two attached hydrogens (primary N) is 1. The van der Waals surface area contributed by atoms with Crippen molar-refractivity contribution in [1.82, 2.24) is 10.2 Å². The van der Waals surface area contributed by atoms with Gasteiger partial charge < -0.3 is 21.6 Å². The lowest BCUT2D eigenvalue weighted by Crippen LogP contribution is -2.51. The molecule has 0 aliphatic carbocycles. The van der Waals surface area contributed by atoms with Gasteiger partial charge in [-0.1, -0.05) is 29.3 Å². The van der Waals surface area contributed by atoms with E-state index in [0.29, 0.717) is 6.04 Å². The molecule has 25 heavy (non-hydrogen) atoms. The van der Waals surface area contributed by atoms with E-state index in [1.54, 1.807) is 0 Å². The molecule has 1 amide bonds. The summed E-state index contributed by atoms with van der Waals surface area (Å²) < 4.78 is 0. The number of oxime groups is 1. The molecule has 0 saturated carbocycles. The Morgan fingerprint density at radius 3 is 2.56 bits per heavy atom. The van der Waals surface area contributed by atoms with Crippen LogP contribution in [0.1, 0.15) is 31.2 Å². The number of likely N-dealkylation sites (tertiary alicyclic amines) is 1. The minimum atomic E-state index is -0.0793. The molecular formula is C18H29N5O2. The number of carbonyl (C=O) groups excluding carboxylic acids is 1. The fourth-order valence-corrected chi connectivity index (χ4v) is 3.46. The molecule has 2 fully saturated rings. The molecule has 1 aromatic rings. The topological polar surface area (TPSA) is 103 Å². The lowest BCUT2D eigenvalue weighted by Gasteiger charge is -2.34. The molecule has 2 heterocycles. The van der Waals surface area contributed by atoms with Gasteiger partial charge in [0.1, 0.15) is 12.4 Å². The SMILES string of the molecule is Cc1ccc(NC(=O)[C@H]2NCC[C@H]2N2CCCCC2)cc1.N/C=N\O. The second kappa shape index (κ2) is 10.0. The van der Waals surface area contributed by atoms with Gasteiger partial charge in [-0.2, -0.15) is 0 Å². The smallest absolute Gasteiger partial charge is 0.243 e. The van der Waals surface area contributed by atoms with Gasteiger partial charge in [0, 0.05) is 11.7 Å². The molecule has 7 nitrogen and oxygen atoms in total. The number of hydrogen-bond acceptors (Lipinski definition) is 5. The van der Waals surface area contributed by atoms with E-state index in [9.17, 15) is 4.79 Å². The first-order valence-electron chi connectivity index (χ1n) is 8.88. The average molecular weight is 347 g/mol. The lowest BCUT2D eigenvalue weighted by atomic mass is 10.0. The van der Waals surface area contributed by atoms with Crippen molar-refractivity contribution in [3.8, 4) is 0 Å². The molecule has 2 saturated heterocycles. The highest BCUT2D eigenvalue weighted by atomic mass is 16.4. The van der Waals surface area contributed by atoms with E-state index < -0.39 is 0 Å². The second-order valence-corrected chi connectivity index (χ2v) is 6.50. The van der Waals surface area contributed by atoms with Crippen LogP contribution in [-0.2, 0) is 4.79 Å². The zero-order valence-electron chi connectivity index (χ0n) is 14.8. The Morgan fingerprint density at radius 1 is 1.32 bits per heavy atom. The number of hydrogen-bond donors (Lipinski definition) is 4. The number of rotatable bonds is 3. The van der Waals surface area contributed by atoms with Crippen molar-refractivity contribution in [3.63, 3.8) is 0 Å². The van der Waals surface area contributed by atoms with Crippen molar-refractivity contribution in [2.45, 2.75) is 44.7 Å². The van der Waals surface area contributed by atoms with Crippen molar-refractivity contribution in [2.75, 3.05) is 25.0 Å². The monoisotopic (exact) mass is 347 g/mol. The maximum absolute atomic E-state index is 12.6. The zero-order chi connectivity index (χ0) is 18.1. The van der Waals surface area contributed by atoms with Crippen LogP contribution in [0.2, 0.25) is 0 Å². The van der Waals surface area contributed by atoms with Gasteiger partial charge in [-0.15, -0.1) is 0 Å². The third-order valence-electron chi connectivity index (χ3n) is 4.72. The summed E-state index contributed by atoms with van der Waals surface area (Å²) >= 11 is 0. The number of nitrogens with one attached hydrogen (secondary N) is 2. The van der Waals surface area contributed by atoms with E-state index in [4.69, 9.17) is 5.21 Å². The van der Waals surface area contributed by atoms with Crippen LogP contribution in [0.5, 0.6) is 0 Å². The summed E-state index contributed by atoms with van der Waals surface area (Å²) in [5, 5.41) is 16.1. The fourth-order valence-electron chi connectivity index (χ4n) is 3.46. The molecule has 5 N–H and O–H groups in total. The van der Waals surface area contributed by atoms with Crippen molar-refractivity contribution in [3.05, 3.63) is 29.8 Å². The predicted molar refractivity (Wildman–Crippen MR) is 99.9 cm³/mol. The number of aryl methyl sites for hydroxylation is 1. The highest BCUT2D eigenvalue weighted by Gasteiger charge is 2.36. The number of nitrogens with zero attached hydrogens (tertiary/aromatic N) is 2. The number of anilines is 1. The van der Waals surface area contributed by atoms with Crippen molar-refractivity contribution in [1.29, 1.82) is 0 Å². The fraction of sp³-hybridized carbons (Fsp3) is 0.556. The van der Waals surface area contributed by atoms with Crippen LogP contribution in [-0.4, -0.2) is 54.1 Å². The molecule has 2 aliphatic heterocycles. The van der Waals surface area contributed by atoms with Crippen LogP contribution >= 0.6 is 0 Å². The molecule has 1 aromatic carbocycles. The highest BCUT2D eigenvalue weighted by molar-refractivity contribution is 5.95. The van der Waals surface area contributed by atoms with Crippen molar-refractivity contribution < 1.29 is 10.0 Å². The molecule has 0 bridgehead atoms. The first-order valence-corrected chi connectivity index (χ1v) is 8.88. The van der Waals surface area contributed by atoms with E-state index in [0.717, 1.165) is 38.1 Å². The summed E-state index contributed by atoms with van der Waals surface area (Å²) in [5.74, 6) is 0.104. The maximum atomic E-state index is 12.6. The number of piperidine rings is 1. The largest absolute Gasteiger partial charge is 0.410 e. The van der Waals surface area contributed by atoms with E-state index in [1.165, 1.54) is 24.8 Å². The van der Waals surface area contributed by atoms with Crippen LogP contribution in [0.15, 0.2) is 29.4 Å². The molecule has 7 heteroatoms. The van der Waals surface area contributed by atoms with Gasteiger partial charge in [0.2, 0.25) is 5.91 Å². The number of carbonyl (C=O) groups is 1. The summed E-state index contributed by atoms with van der Waals surface area (Å²) in [7, 11) is 0. The lowest BCUT2D eigenvalue weighted by molar-refractivity contribution is -0.119. The van der Waals surface area contributed by atoms with Gasteiger partial charge in [-0.05, 0) is 58.0 Å². The average Bonchev–Trinajstić information content (AvgIpc) is 3.14. The summed E-state index contributed by atoms with van der Waals surface area (Å²) in [5.41, 5.74) is 6.58. The molecule has 0 radical (unpaired) electrons. The Balaban J connectivity index is 0.000000511. The summed E-state index contributed by atoms with van der Waals surface area (Å²) in [6.45, 7) is 5.27. The molecule has 2 atom stereocenters. The number of benzene rings is 1. The Labute approximate surface area is 149 Å². The molecule has 3 rings (SSSR count). The normalized spacial score (nSPS) is 23.9. The van der Waals surface area contributed by atoms with E-state index in [-0.39, 0.29) is 11.9 Å². The Kier molecular flexibility index (Phi) is 7.69. The third-order valence-corrected chi connectivity index (χ3v) is 4.72. The Bertz CT molecular complexity index is 551.